The fourth-order valence-electron chi connectivity index (χ4n) is 2.32. The number of hydrogen-bond donors (Lipinski definition) is 2. The number of fused-ring (bicyclic) bond motifs is 1. The Morgan fingerprint density at radius 2 is 1.62 bits per heavy atom. The molecule has 2 N–H and O–H groups in total. The average molecular weight is 281 g/mol. The van der Waals surface area contributed by atoms with Crippen LogP contribution in [-0.4, -0.2) is 11.7 Å². The van der Waals surface area contributed by atoms with E-state index in [2.05, 4.69) is 17.4 Å². The Balaban J connectivity index is 1.69. The summed E-state index contributed by atoms with van der Waals surface area (Å²) < 4.78 is 12.9. The van der Waals surface area contributed by atoms with Gasteiger partial charge >= 0.3 is 0 Å². The van der Waals surface area contributed by atoms with Crippen LogP contribution in [-0.2, 0) is 0 Å². The van der Waals surface area contributed by atoms with Crippen LogP contribution in [0.2, 0.25) is 0 Å². The molecule has 3 heteroatoms. The lowest BCUT2D eigenvalue weighted by Gasteiger charge is -2.13. The predicted molar refractivity (Wildman–Crippen MR) is 83.8 cm³/mol. The topological polar surface area (TPSA) is 32.3 Å². The van der Waals surface area contributed by atoms with E-state index in [9.17, 15) is 9.50 Å². The Morgan fingerprint density at radius 1 is 0.905 bits per heavy atom. The van der Waals surface area contributed by atoms with Gasteiger partial charge in [0.05, 0.1) is 6.10 Å². The summed E-state index contributed by atoms with van der Waals surface area (Å²) in [6.45, 7) is 0.379. The van der Waals surface area contributed by atoms with Gasteiger partial charge in [-0.25, -0.2) is 4.39 Å². The van der Waals surface area contributed by atoms with Crippen molar-refractivity contribution in [2.75, 3.05) is 11.9 Å². The average Bonchev–Trinajstić information content (AvgIpc) is 2.53. The van der Waals surface area contributed by atoms with Crippen molar-refractivity contribution < 1.29 is 9.50 Å². The van der Waals surface area contributed by atoms with Crippen LogP contribution in [0, 0.1) is 5.82 Å². The zero-order valence-corrected chi connectivity index (χ0v) is 11.5. The SMILES string of the molecule is OC(CNc1ccc2ccccc2c1)c1ccc(F)cc1. The highest BCUT2D eigenvalue weighted by Crippen LogP contribution is 2.20. The van der Waals surface area contributed by atoms with Gasteiger partial charge in [-0.2, -0.15) is 0 Å². The second-order valence-corrected chi connectivity index (χ2v) is 5.01. The number of benzene rings is 3. The Bertz CT molecular complexity index is 740. The van der Waals surface area contributed by atoms with Gasteiger partial charge in [-0.05, 0) is 40.6 Å². The van der Waals surface area contributed by atoms with Crippen molar-refractivity contribution in [3.8, 4) is 0 Å². The van der Waals surface area contributed by atoms with Crippen molar-refractivity contribution >= 4 is 16.5 Å². The lowest BCUT2D eigenvalue weighted by molar-refractivity contribution is 0.191. The highest BCUT2D eigenvalue weighted by Gasteiger charge is 2.07. The van der Waals surface area contributed by atoms with Gasteiger partial charge in [0.15, 0.2) is 0 Å². The first-order valence-electron chi connectivity index (χ1n) is 6.88. The number of hydrogen-bond acceptors (Lipinski definition) is 2. The van der Waals surface area contributed by atoms with Crippen molar-refractivity contribution in [2.45, 2.75) is 6.10 Å². The molecule has 0 aromatic heterocycles. The van der Waals surface area contributed by atoms with Crippen molar-refractivity contribution in [3.63, 3.8) is 0 Å². The molecule has 0 amide bonds. The van der Waals surface area contributed by atoms with E-state index < -0.39 is 6.10 Å². The first kappa shape index (κ1) is 13.6. The molecule has 0 aliphatic carbocycles. The molecule has 2 nitrogen and oxygen atoms in total. The van der Waals surface area contributed by atoms with E-state index in [4.69, 9.17) is 0 Å². The number of anilines is 1. The molecule has 21 heavy (non-hydrogen) atoms. The van der Waals surface area contributed by atoms with Crippen molar-refractivity contribution in [1.82, 2.24) is 0 Å². The third-order valence-electron chi connectivity index (χ3n) is 3.50. The van der Waals surface area contributed by atoms with E-state index in [-0.39, 0.29) is 5.82 Å². The third-order valence-corrected chi connectivity index (χ3v) is 3.50. The van der Waals surface area contributed by atoms with Crippen molar-refractivity contribution in [2.24, 2.45) is 0 Å². The summed E-state index contributed by atoms with van der Waals surface area (Å²) in [5, 5.41) is 15.6. The van der Waals surface area contributed by atoms with Gasteiger partial charge in [-0.15, -0.1) is 0 Å². The molecule has 0 spiro atoms. The van der Waals surface area contributed by atoms with Crippen LogP contribution in [0.4, 0.5) is 10.1 Å². The highest BCUT2D eigenvalue weighted by atomic mass is 19.1. The van der Waals surface area contributed by atoms with Gasteiger partial charge in [0.1, 0.15) is 5.82 Å². The zero-order chi connectivity index (χ0) is 14.7. The van der Waals surface area contributed by atoms with E-state index in [1.165, 1.54) is 17.5 Å². The molecule has 106 valence electrons. The van der Waals surface area contributed by atoms with Crippen molar-refractivity contribution in [1.29, 1.82) is 0 Å². The summed E-state index contributed by atoms with van der Waals surface area (Å²) in [7, 11) is 0. The minimum absolute atomic E-state index is 0.298. The van der Waals surface area contributed by atoms with E-state index in [0.29, 0.717) is 12.1 Å². The summed E-state index contributed by atoms with van der Waals surface area (Å²) >= 11 is 0. The molecule has 3 aromatic carbocycles. The maximum atomic E-state index is 12.9. The summed E-state index contributed by atoms with van der Waals surface area (Å²) in [5.74, 6) is -0.298. The van der Waals surface area contributed by atoms with E-state index in [0.717, 1.165) is 11.1 Å². The summed E-state index contributed by atoms with van der Waals surface area (Å²) in [4.78, 5) is 0. The molecule has 0 aliphatic heterocycles. The van der Waals surface area contributed by atoms with Crippen molar-refractivity contribution in [3.05, 3.63) is 78.1 Å². The maximum Gasteiger partial charge on any atom is 0.123 e. The van der Waals surface area contributed by atoms with Gasteiger partial charge in [0.25, 0.3) is 0 Å². The van der Waals surface area contributed by atoms with E-state index in [1.54, 1.807) is 12.1 Å². The fraction of sp³-hybridized carbons (Fsp3) is 0.111. The normalized spacial score (nSPS) is 12.3. The third kappa shape index (κ3) is 3.20. The molecular formula is C18H16FNO. The molecule has 0 fully saturated rings. The largest absolute Gasteiger partial charge is 0.387 e. The summed E-state index contributed by atoms with van der Waals surface area (Å²) in [6, 6.07) is 20.1. The van der Waals surface area contributed by atoms with Crippen LogP contribution in [0.5, 0.6) is 0 Å². The molecule has 0 aliphatic rings. The van der Waals surface area contributed by atoms with Gasteiger partial charge in [-0.3, -0.25) is 0 Å². The first-order chi connectivity index (χ1) is 10.2. The minimum Gasteiger partial charge on any atom is -0.387 e. The number of aliphatic hydroxyl groups excluding tert-OH is 1. The maximum absolute atomic E-state index is 12.9. The second kappa shape index (κ2) is 5.94. The lowest BCUT2D eigenvalue weighted by Crippen LogP contribution is -2.12. The highest BCUT2D eigenvalue weighted by molar-refractivity contribution is 5.85. The molecule has 0 bridgehead atoms. The molecule has 0 saturated carbocycles. The van der Waals surface area contributed by atoms with Gasteiger partial charge in [0.2, 0.25) is 0 Å². The number of halogens is 1. The lowest BCUT2D eigenvalue weighted by atomic mass is 10.1. The Morgan fingerprint density at radius 3 is 2.38 bits per heavy atom. The van der Waals surface area contributed by atoms with Crippen LogP contribution in [0.25, 0.3) is 10.8 Å². The Hall–Kier alpha value is -2.39. The van der Waals surface area contributed by atoms with Crippen LogP contribution in [0.1, 0.15) is 11.7 Å². The molecule has 1 unspecified atom stereocenters. The second-order valence-electron chi connectivity index (χ2n) is 5.01. The van der Waals surface area contributed by atoms with E-state index in [1.807, 2.05) is 30.3 Å². The fourth-order valence-corrected chi connectivity index (χ4v) is 2.32. The molecule has 0 heterocycles. The van der Waals surface area contributed by atoms with Crippen LogP contribution >= 0.6 is 0 Å². The van der Waals surface area contributed by atoms with Crippen LogP contribution in [0.15, 0.2) is 66.7 Å². The molecular weight excluding hydrogens is 265 g/mol. The molecule has 3 rings (SSSR count). The Kier molecular flexibility index (Phi) is 3.84. The Labute approximate surface area is 122 Å². The molecule has 3 aromatic rings. The summed E-state index contributed by atoms with van der Waals surface area (Å²) in [5.41, 5.74) is 1.65. The standard InChI is InChI=1S/C18H16FNO/c19-16-8-5-14(6-9-16)18(21)12-20-17-10-7-13-3-1-2-4-15(13)11-17/h1-11,18,20-21H,12H2. The zero-order valence-electron chi connectivity index (χ0n) is 11.5. The first-order valence-corrected chi connectivity index (χ1v) is 6.88. The van der Waals surface area contributed by atoms with Gasteiger partial charge < -0.3 is 10.4 Å². The minimum atomic E-state index is -0.669. The quantitative estimate of drug-likeness (QED) is 0.754. The number of rotatable bonds is 4. The summed E-state index contributed by atoms with van der Waals surface area (Å²) in [6.07, 6.45) is -0.669. The monoisotopic (exact) mass is 281 g/mol. The molecule has 0 radical (unpaired) electrons. The van der Waals surface area contributed by atoms with Gasteiger partial charge in [-0.1, -0.05) is 42.5 Å². The smallest absolute Gasteiger partial charge is 0.123 e. The number of aliphatic hydroxyl groups is 1. The van der Waals surface area contributed by atoms with Crippen LogP contribution < -0.4 is 5.32 Å². The molecule has 1 atom stereocenters. The van der Waals surface area contributed by atoms with Crippen LogP contribution in [0.3, 0.4) is 0 Å². The molecule has 0 saturated heterocycles. The number of nitrogens with one attached hydrogen (secondary N) is 1. The van der Waals surface area contributed by atoms with E-state index >= 15 is 0 Å². The van der Waals surface area contributed by atoms with Gasteiger partial charge in [0, 0.05) is 12.2 Å². The predicted octanol–water partition coefficient (Wildman–Crippen LogP) is 4.12.